The summed E-state index contributed by atoms with van der Waals surface area (Å²) >= 11 is 0. The summed E-state index contributed by atoms with van der Waals surface area (Å²) in [5.74, 6) is 2.84. The van der Waals surface area contributed by atoms with E-state index in [9.17, 15) is 15.0 Å². The van der Waals surface area contributed by atoms with E-state index in [0.29, 0.717) is 35.4 Å². The molecule has 0 unspecified atom stereocenters. The second-order valence-corrected chi connectivity index (χ2v) is 10.6. The third-order valence-electron chi connectivity index (χ3n) is 9.43. The van der Waals surface area contributed by atoms with Crippen molar-refractivity contribution in [2.24, 2.45) is 46.3 Å². The highest BCUT2D eigenvalue weighted by Crippen LogP contribution is 2.67. The lowest BCUT2D eigenvalue weighted by Crippen LogP contribution is -2.60. The molecule has 4 saturated carbocycles. The van der Waals surface area contributed by atoms with Crippen LogP contribution in [0.2, 0.25) is 0 Å². The highest BCUT2D eigenvalue weighted by molar-refractivity contribution is 5.79. The largest absolute Gasteiger partial charge is 0.393 e. The average Bonchev–Trinajstić information content (AvgIpc) is 2.85. The molecule has 2 N–H and O–H groups in total. The predicted molar refractivity (Wildman–Crippen MR) is 97.8 cm³/mol. The van der Waals surface area contributed by atoms with Crippen LogP contribution in [0.1, 0.15) is 72.6 Å². The lowest BCUT2D eigenvalue weighted by atomic mass is 9.43. The van der Waals surface area contributed by atoms with Crippen molar-refractivity contribution >= 4 is 5.78 Å². The maximum atomic E-state index is 12.2. The molecule has 142 valence electrons. The van der Waals surface area contributed by atoms with Crippen LogP contribution in [0, 0.1) is 46.3 Å². The molecule has 25 heavy (non-hydrogen) atoms. The van der Waals surface area contributed by atoms with Gasteiger partial charge >= 0.3 is 0 Å². The normalized spacial score (nSPS) is 58.2. The molecule has 0 aromatic heterocycles. The number of fused-ring (bicyclic) bond motifs is 5. The van der Waals surface area contributed by atoms with Crippen LogP contribution in [0.25, 0.3) is 0 Å². The standard InChI is InChI=1S/C22H36O3/c1-12-10-21(3)14(9-18(12)24)5-6-15-17-8-7-16(13(2)23)22(17,4)11-19(25)20(15)21/h12,14-20,24-25H,5-11H2,1-4H3/t12-,14+,15+,16-,17+,18+,19+,20-,21+,22-/m1/s1. The molecule has 0 spiro atoms. The number of rotatable bonds is 1. The van der Waals surface area contributed by atoms with Crippen molar-refractivity contribution < 1.29 is 15.0 Å². The number of aliphatic hydroxyl groups excluding tert-OH is 2. The quantitative estimate of drug-likeness (QED) is 0.757. The van der Waals surface area contributed by atoms with Gasteiger partial charge in [0.2, 0.25) is 0 Å². The van der Waals surface area contributed by atoms with Gasteiger partial charge in [0, 0.05) is 5.92 Å². The number of ketones is 1. The molecule has 3 heteroatoms. The van der Waals surface area contributed by atoms with Gasteiger partial charge in [-0.2, -0.15) is 0 Å². The first-order chi connectivity index (χ1) is 11.7. The van der Waals surface area contributed by atoms with Crippen LogP contribution in [-0.2, 0) is 4.79 Å². The van der Waals surface area contributed by atoms with Crippen LogP contribution < -0.4 is 0 Å². The zero-order valence-electron chi connectivity index (χ0n) is 16.4. The molecule has 0 aromatic rings. The number of carbonyl (C=O) groups is 1. The fourth-order valence-electron chi connectivity index (χ4n) is 8.39. The molecule has 0 amide bonds. The molecular weight excluding hydrogens is 312 g/mol. The summed E-state index contributed by atoms with van der Waals surface area (Å²) in [6.07, 6.45) is 6.81. The third kappa shape index (κ3) is 2.41. The Morgan fingerprint density at radius 3 is 2.36 bits per heavy atom. The lowest BCUT2D eigenvalue weighted by Gasteiger charge is -2.63. The second kappa shape index (κ2) is 5.79. The minimum absolute atomic E-state index is 0.00455. The van der Waals surface area contributed by atoms with E-state index in [-0.39, 0.29) is 29.0 Å². The topological polar surface area (TPSA) is 57.5 Å². The van der Waals surface area contributed by atoms with E-state index in [0.717, 1.165) is 32.1 Å². The summed E-state index contributed by atoms with van der Waals surface area (Å²) in [6, 6.07) is 0. The van der Waals surface area contributed by atoms with Crippen molar-refractivity contribution in [3.05, 3.63) is 0 Å². The van der Waals surface area contributed by atoms with E-state index in [1.54, 1.807) is 6.92 Å². The Kier molecular flexibility index (Phi) is 4.16. The smallest absolute Gasteiger partial charge is 0.133 e. The third-order valence-corrected chi connectivity index (χ3v) is 9.43. The summed E-state index contributed by atoms with van der Waals surface area (Å²) in [5.41, 5.74) is 0.145. The Balaban J connectivity index is 1.68. The molecule has 0 saturated heterocycles. The molecular formula is C22H36O3. The van der Waals surface area contributed by atoms with E-state index in [1.807, 2.05) is 0 Å². The molecule has 4 aliphatic carbocycles. The summed E-state index contributed by atoms with van der Waals surface area (Å²) in [4.78, 5) is 12.2. The maximum absolute atomic E-state index is 12.2. The van der Waals surface area contributed by atoms with E-state index in [2.05, 4.69) is 20.8 Å². The van der Waals surface area contributed by atoms with Gasteiger partial charge in [0.05, 0.1) is 12.2 Å². The zero-order valence-corrected chi connectivity index (χ0v) is 16.4. The summed E-state index contributed by atoms with van der Waals surface area (Å²) < 4.78 is 0. The summed E-state index contributed by atoms with van der Waals surface area (Å²) in [6.45, 7) is 8.62. The first-order valence-corrected chi connectivity index (χ1v) is 10.5. The molecule has 4 fully saturated rings. The average molecular weight is 349 g/mol. The van der Waals surface area contributed by atoms with E-state index >= 15 is 0 Å². The van der Waals surface area contributed by atoms with Crippen molar-refractivity contribution in [1.82, 2.24) is 0 Å². The van der Waals surface area contributed by atoms with Gasteiger partial charge in [0.15, 0.2) is 0 Å². The van der Waals surface area contributed by atoms with Crippen molar-refractivity contribution in [2.75, 3.05) is 0 Å². The SMILES string of the molecule is CC(=O)[C@H]1CC[C@H]2[C@@H]3CC[C@H]4C[C@H](O)[C@H](C)C[C@]4(C)[C@H]3[C@@H](O)C[C@]12C. The second-order valence-electron chi connectivity index (χ2n) is 10.6. The van der Waals surface area contributed by atoms with E-state index in [4.69, 9.17) is 0 Å². The van der Waals surface area contributed by atoms with Crippen LogP contribution >= 0.6 is 0 Å². The van der Waals surface area contributed by atoms with E-state index < -0.39 is 0 Å². The highest BCUT2D eigenvalue weighted by Gasteiger charge is 2.64. The Morgan fingerprint density at radius 1 is 0.960 bits per heavy atom. The lowest BCUT2D eigenvalue weighted by molar-refractivity contribution is -0.186. The fourth-order valence-corrected chi connectivity index (χ4v) is 8.39. The molecule has 0 aliphatic heterocycles. The molecule has 0 bridgehead atoms. The van der Waals surface area contributed by atoms with Gasteiger partial charge < -0.3 is 10.2 Å². The van der Waals surface area contributed by atoms with Gasteiger partial charge in [-0.25, -0.2) is 0 Å². The summed E-state index contributed by atoms with van der Waals surface area (Å²) in [7, 11) is 0. The predicted octanol–water partition coefficient (Wildman–Crippen LogP) is 3.81. The number of hydrogen-bond donors (Lipinski definition) is 2. The summed E-state index contributed by atoms with van der Waals surface area (Å²) in [5, 5.41) is 21.7. The highest BCUT2D eigenvalue weighted by atomic mass is 16.3. The first-order valence-electron chi connectivity index (χ1n) is 10.5. The Bertz CT molecular complexity index is 559. The van der Waals surface area contributed by atoms with Crippen molar-refractivity contribution in [3.8, 4) is 0 Å². The van der Waals surface area contributed by atoms with Crippen LogP contribution in [0.15, 0.2) is 0 Å². The van der Waals surface area contributed by atoms with Crippen LogP contribution in [-0.4, -0.2) is 28.2 Å². The molecule has 3 nitrogen and oxygen atoms in total. The van der Waals surface area contributed by atoms with Gasteiger partial charge in [0.25, 0.3) is 0 Å². The van der Waals surface area contributed by atoms with Gasteiger partial charge in [0.1, 0.15) is 5.78 Å². The Hall–Kier alpha value is -0.410. The molecule has 4 aliphatic rings. The number of Topliss-reactive ketones (excluding diaryl/α,β-unsaturated/α-hetero) is 1. The minimum Gasteiger partial charge on any atom is -0.393 e. The van der Waals surface area contributed by atoms with Crippen LogP contribution in [0.5, 0.6) is 0 Å². The first kappa shape index (κ1) is 18.0. The number of aliphatic hydroxyl groups is 2. The molecule has 10 atom stereocenters. The number of carbonyl (C=O) groups excluding carboxylic acids is 1. The van der Waals surface area contributed by atoms with Gasteiger partial charge in [-0.1, -0.05) is 20.8 Å². The fraction of sp³-hybridized carbons (Fsp3) is 0.955. The van der Waals surface area contributed by atoms with Gasteiger partial charge in [-0.15, -0.1) is 0 Å². The van der Waals surface area contributed by atoms with Crippen molar-refractivity contribution in [3.63, 3.8) is 0 Å². The molecule has 0 radical (unpaired) electrons. The van der Waals surface area contributed by atoms with Gasteiger partial charge in [-0.3, -0.25) is 4.79 Å². The number of hydrogen-bond acceptors (Lipinski definition) is 3. The molecule has 0 heterocycles. The van der Waals surface area contributed by atoms with Crippen molar-refractivity contribution in [1.29, 1.82) is 0 Å². The molecule has 0 aromatic carbocycles. The minimum atomic E-state index is -0.290. The Morgan fingerprint density at radius 2 is 1.68 bits per heavy atom. The van der Waals surface area contributed by atoms with E-state index in [1.165, 1.54) is 12.8 Å². The van der Waals surface area contributed by atoms with Crippen LogP contribution in [0.3, 0.4) is 0 Å². The molecule has 4 rings (SSSR count). The van der Waals surface area contributed by atoms with Gasteiger partial charge in [-0.05, 0) is 92.3 Å². The Labute approximate surface area is 152 Å². The monoisotopic (exact) mass is 348 g/mol. The van der Waals surface area contributed by atoms with Crippen molar-refractivity contribution in [2.45, 2.75) is 84.8 Å². The van der Waals surface area contributed by atoms with Crippen LogP contribution in [0.4, 0.5) is 0 Å². The maximum Gasteiger partial charge on any atom is 0.133 e. The zero-order chi connectivity index (χ0) is 18.1.